The van der Waals surface area contributed by atoms with Crippen LogP contribution in [0.3, 0.4) is 0 Å². The molecule has 0 aliphatic carbocycles. The number of aliphatic carboxylic acids is 1. The van der Waals surface area contributed by atoms with E-state index in [1.165, 1.54) is 42.6 Å². The van der Waals surface area contributed by atoms with Gasteiger partial charge in [-0.1, -0.05) is 57.0 Å². The van der Waals surface area contributed by atoms with Gasteiger partial charge < -0.3 is 59.3 Å². The molecule has 6 unspecified atom stereocenters. The molecule has 0 bridgehead atoms. The summed E-state index contributed by atoms with van der Waals surface area (Å²) in [5.41, 5.74) is 0. The van der Waals surface area contributed by atoms with Crippen LogP contribution in [0.25, 0.3) is 0 Å². The van der Waals surface area contributed by atoms with Crippen molar-refractivity contribution in [3.63, 3.8) is 0 Å². The van der Waals surface area contributed by atoms with Gasteiger partial charge in [-0.15, -0.1) is 0 Å². The summed E-state index contributed by atoms with van der Waals surface area (Å²) in [6, 6.07) is -1.99. The Hall–Kier alpha value is -1.86. The summed E-state index contributed by atoms with van der Waals surface area (Å²) in [6.45, 7) is 3.91. The summed E-state index contributed by atoms with van der Waals surface area (Å²) >= 11 is 7.34. The molecule has 6 atom stereocenters. The second kappa shape index (κ2) is 45.7. The first kappa shape index (κ1) is 69.2. The molecular formula is C34H68N4O17S7. The highest BCUT2D eigenvalue weighted by atomic mass is 33.1. The first-order chi connectivity index (χ1) is 29.1. The number of likely N-dealkylation sites (N-methyl/N-ethyl adjacent to an activating group) is 4. The minimum atomic E-state index is -4.40. The van der Waals surface area contributed by atoms with Crippen molar-refractivity contribution in [2.75, 3.05) is 111 Å². The number of rotatable bonds is 26. The van der Waals surface area contributed by atoms with Crippen molar-refractivity contribution in [1.82, 2.24) is 21.3 Å². The standard InChI is InChI=1S/2C11H21NO4S2.C5H11NO5S.C5H11NO2S.C2H4O2S/c2*1-5-8(10(13)15-3)6-17-18-7-9(12-2)11(14)16-4;1-6-4(5(7)11-2)3-12(8,9)10;1-6-4(3-9)5(7)8-2;3-2(4)1-5/h2*8-9,12H,5-7H2,1-4H3;4,6H,3H2,1-2H3,(H,8,9,10);4,6,9H,3H2,1-2H3;5H,1H2,(H,3,4). The monoisotopic (exact) mass is 1030 g/mol. The zero-order valence-corrected chi connectivity index (χ0v) is 43.1. The van der Waals surface area contributed by atoms with Crippen LogP contribution in [0.1, 0.15) is 28.1 Å². The number of carboxylic acid groups (broad SMARTS) is 1. The zero-order chi connectivity index (χ0) is 49.3. The highest BCUT2D eigenvalue weighted by Crippen LogP contribution is 2.27. The largest absolute Gasteiger partial charge is 1.00 e. The Bertz CT molecular complexity index is 1240. The highest BCUT2D eigenvalue weighted by Gasteiger charge is 2.22. The van der Waals surface area contributed by atoms with Crippen LogP contribution >= 0.6 is 68.4 Å². The van der Waals surface area contributed by atoms with E-state index in [9.17, 15) is 46.5 Å². The molecule has 62 heavy (non-hydrogen) atoms. The molecular weight excluding hydrogens is 961 g/mol. The van der Waals surface area contributed by atoms with E-state index in [1.54, 1.807) is 64.3 Å². The molecule has 0 rings (SSSR count). The molecule has 0 aromatic heterocycles. The quantitative estimate of drug-likeness (QED) is 0.0157. The summed E-state index contributed by atoms with van der Waals surface area (Å²) in [5, 5.41) is 18.5. The van der Waals surface area contributed by atoms with Gasteiger partial charge in [0.2, 0.25) is 0 Å². The first-order valence-corrected chi connectivity index (χ1v) is 26.0. The fraction of sp³-hybridized carbons (Fsp3) is 0.794. The van der Waals surface area contributed by atoms with E-state index in [1.807, 2.05) is 13.8 Å². The average molecular weight is 1030 g/mol. The molecule has 0 saturated heterocycles. The molecule has 0 aromatic rings. The second-order valence-electron chi connectivity index (χ2n) is 11.3. The van der Waals surface area contributed by atoms with E-state index in [2.05, 4.69) is 65.5 Å². The number of ether oxygens (including phenoxy) is 6. The molecule has 368 valence electrons. The number of carbonyl (C=O) groups is 7. The third-order valence-corrected chi connectivity index (χ3v) is 13.6. The number of nitrogens with one attached hydrogen (secondary N) is 4. The topological polar surface area (TPSA) is 300 Å². The minimum Gasteiger partial charge on any atom is -0.748 e. The van der Waals surface area contributed by atoms with Crippen molar-refractivity contribution in [3.8, 4) is 0 Å². The van der Waals surface area contributed by atoms with Crippen LogP contribution < -0.4 is 21.3 Å². The summed E-state index contributed by atoms with van der Waals surface area (Å²) < 4.78 is 58.1. The average Bonchev–Trinajstić information content (AvgIpc) is 3.27. The third-order valence-electron chi connectivity index (χ3n) is 7.25. The number of esters is 6. The summed E-state index contributed by atoms with van der Waals surface area (Å²) in [5.74, 6) is -0.827. The van der Waals surface area contributed by atoms with Gasteiger partial charge in [-0.2, -0.15) is 25.3 Å². The lowest BCUT2D eigenvalue weighted by atomic mass is 10.1. The molecule has 0 fully saturated rings. The SMILES string of the molecule is CCC(CSSCC(NC)C(=O)OC)C(=O)OC.CCC(CSSCC(NC)C(=O)OC)C(=O)OC.CNC(CS(=O)(=O)[O-])C(=O)OC.CNC(CS)C(=O)OC.O=C(O)CS.[H+]. The molecule has 0 spiro atoms. The van der Waals surface area contributed by atoms with Crippen LogP contribution in [0.15, 0.2) is 0 Å². The predicted octanol–water partition coefficient (Wildman–Crippen LogP) is 0.739. The fourth-order valence-electron chi connectivity index (χ4n) is 3.40. The van der Waals surface area contributed by atoms with E-state index < -0.39 is 33.9 Å². The van der Waals surface area contributed by atoms with Crippen molar-refractivity contribution >= 4 is 120 Å². The van der Waals surface area contributed by atoms with Gasteiger partial charge in [-0.25, -0.2) is 8.42 Å². The molecule has 0 aromatic carbocycles. The van der Waals surface area contributed by atoms with Crippen molar-refractivity contribution in [2.24, 2.45) is 11.8 Å². The Kier molecular flexibility index (Phi) is 51.0. The molecule has 0 aliphatic rings. The normalized spacial score (nSPS) is 13.1. The first-order valence-electron chi connectivity index (χ1n) is 18.2. The lowest BCUT2D eigenvalue weighted by molar-refractivity contribution is -0.145. The maximum Gasteiger partial charge on any atom is 1.00 e. The van der Waals surface area contributed by atoms with Gasteiger partial charge in [0.15, 0.2) is 0 Å². The van der Waals surface area contributed by atoms with Gasteiger partial charge in [-0.3, -0.25) is 33.6 Å². The van der Waals surface area contributed by atoms with Crippen LogP contribution in [0.2, 0.25) is 0 Å². The zero-order valence-electron chi connectivity index (χ0n) is 38.2. The van der Waals surface area contributed by atoms with E-state index in [0.29, 0.717) is 28.8 Å². The van der Waals surface area contributed by atoms with Crippen LogP contribution in [-0.2, 0) is 72.1 Å². The highest BCUT2D eigenvalue weighted by molar-refractivity contribution is 8.77. The molecule has 0 aliphatic heterocycles. The van der Waals surface area contributed by atoms with E-state index in [0.717, 1.165) is 20.0 Å². The minimum absolute atomic E-state index is 0. The van der Waals surface area contributed by atoms with E-state index in [4.69, 9.17) is 14.6 Å². The Morgan fingerprint density at radius 1 is 0.548 bits per heavy atom. The van der Waals surface area contributed by atoms with Gasteiger partial charge in [0.1, 0.15) is 24.2 Å². The molecule has 0 radical (unpaired) electrons. The predicted molar refractivity (Wildman–Crippen MR) is 252 cm³/mol. The molecule has 0 heterocycles. The van der Waals surface area contributed by atoms with Crippen molar-refractivity contribution in [2.45, 2.75) is 50.9 Å². The number of hydrogen-bond acceptors (Lipinski definition) is 26. The summed E-state index contributed by atoms with van der Waals surface area (Å²) in [4.78, 5) is 76.0. The number of hydrogen-bond donors (Lipinski definition) is 7. The van der Waals surface area contributed by atoms with Crippen LogP contribution in [0, 0.1) is 11.8 Å². The fourth-order valence-corrected chi connectivity index (χ4v) is 9.73. The molecule has 5 N–H and O–H groups in total. The summed E-state index contributed by atoms with van der Waals surface area (Å²) in [6.07, 6.45) is 1.51. The second-order valence-corrected chi connectivity index (χ2v) is 18.5. The molecule has 28 heteroatoms. The van der Waals surface area contributed by atoms with Crippen LogP contribution in [-0.4, -0.2) is 195 Å². The molecule has 0 amide bonds. The lowest BCUT2D eigenvalue weighted by Crippen LogP contribution is -2.40. The van der Waals surface area contributed by atoms with Gasteiger partial charge in [-0.05, 0) is 41.0 Å². The van der Waals surface area contributed by atoms with Gasteiger partial charge in [0, 0.05) is 28.8 Å². The molecule has 21 nitrogen and oxygen atoms in total. The van der Waals surface area contributed by atoms with Crippen LogP contribution in [0.4, 0.5) is 0 Å². The van der Waals surface area contributed by atoms with Crippen molar-refractivity contribution in [3.05, 3.63) is 0 Å². The maximum atomic E-state index is 11.4. The number of methoxy groups -OCH3 is 6. The maximum absolute atomic E-state index is 11.4. The Morgan fingerprint density at radius 3 is 1.00 bits per heavy atom. The number of carboxylic acids is 1. The lowest BCUT2D eigenvalue weighted by Gasteiger charge is -2.15. The van der Waals surface area contributed by atoms with E-state index in [-0.39, 0.29) is 67.0 Å². The summed E-state index contributed by atoms with van der Waals surface area (Å²) in [7, 11) is 16.3. The van der Waals surface area contributed by atoms with Crippen LogP contribution in [0.5, 0.6) is 0 Å². The number of carbonyl (C=O) groups excluding carboxylic acids is 6. The van der Waals surface area contributed by atoms with Gasteiger partial charge >= 0.3 is 43.2 Å². The van der Waals surface area contributed by atoms with E-state index >= 15 is 0 Å². The smallest absolute Gasteiger partial charge is 0.748 e. The third kappa shape index (κ3) is 39.7. The van der Waals surface area contributed by atoms with Crippen molar-refractivity contribution in [1.29, 1.82) is 0 Å². The van der Waals surface area contributed by atoms with Crippen molar-refractivity contribution < 1.29 is 81.5 Å². The Morgan fingerprint density at radius 2 is 0.806 bits per heavy atom. The molecule has 0 saturated carbocycles. The number of thiol groups is 2. The Labute approximate surface area is 394 Å². The van der Waals surface area contributed by atoms with Gasteiger partial charge in [0.25, 0.3) is 0 Å². The Balaban J connectivity index is -0.000000169. The van der Waals surface area contributed by atoms with Gasteiger partial charge in [0.05, 0.1) is 76.1 Å².